The molecule has 0 heterocycles. The van der Waals surface area contributed by atoms with Crippen LogP contribution in [0.25, 0.3) is 0 Å². The van der Waals surface area contributed by atoms with Crippen LogP contribution in [0.2, 0.25) is 0 Å². The van der Waals surface area contributed by atoms with Gasteiger partial charge in [0.05, 0.1) is 24.4 Å². The normalized spacial score (nSPS) is 13.5. The predicted octanol–water partition coefficient (Wildman–Crippen LogP) is 3.74. The number of ether oxygens (including phenoxy) is 2. The molecule has 0 saturated carbocycles. The van der Waals surface area contributed by atoms with E-state index in [1.54, 1.807) is 0 Å². The van der Waals surface area contributed by atoms with E-state index >= 15 is 0 Å². The molecule has 4 nitrogen and oxygen atoms in total. The molecule has 0 atom stereocenters. The van der Waals surface area contributed by atoms with Gasteiger partial charge in [0.2, 0.25) is 0 Å². The standard InChI is InChI=1S/C18H36O4/c1-16(2,3)15(20)9-13-21-18(6,7)11-14-22-17(4,5)10-8-12-19/h19H,8-14H2,1-7H3. The minimum Gasteiger partial charge on any atom is -0.396 e. The lowest BCUT2D eigenvalue weighted by molar-refractivity contribution is -0.129. The third-order valence-corrected chi connectivity index (χ3v) is 3.79. The quantitative estimate of drug-likeness (QED) is 0.631. The Morgan fingerprint density at radius 3 is 1.86 bits per heavy atom. The van der Waals surface area contributed by atoms with Crippen molar-refractivity contribution in [2.24, 2.45) is 5.41 Å². The van der Waals surface area contributed by atoms with Crippen molar-refractivity contribution in [2.75, 3.05) is 19.8 Å². The Kier molecular flexibility index (Phi) is 8.81. The maximum absolute atomic E-state index is 11.9. The van der Waals surface area contributed by atoms with Crippen LogP contribution in [-0.2, 0) is 14.3 Å². The van der Waals surface area contributed by atoms with E-state index in [1.807, 2.05) is 48.5 Å². The van der Waals surface area contributed by atoms with Crippen LogP contribution in [-0.4, -0.2) is 41.9 Å². The molecule has 0 unspecified atom stereocenters. The monoisotopic (exact) mass is 316 g/mol. The third-order valence-electron chi connectivity index (χ3n) is 3.79. The van der Waals surface area contributed by atoms with Crippen LogP contribution >= 0.6 is 0 Å². The van der Waals surface area contributed by atoms with E-state index < -0.39 is 0 Å². The van der Waals surface area contributed by atoms with E-state index in [4.69, 9.17) is 14.6 Å². The van der Waals surface area contributed by atoms with E-state index in [-0.39, 0.29) is 29.0 Å². The highest BCUT2D eigenvalue weighted by Crippen LogP contribution is 2.22. The Morgan fingerprint density at radius 2 is 1.36 bits per heavy atom. The van der Waals surface area contributed by atoms with Crippen molar-refractivity contribution in [2.45, 2.75) is 85.4 Å². The molecule has 0 saturated heterocycles. The largest absolute Gasteiger partial charge is 0.396 e. The third kappa shape index (κ3) is 10.3. The van der Waals surface area contributed by atoms with E-state index in [0.717, 1.165) is 19.3 Å². The van der Waals surface area contributed by atoms with Crippen LogP contribution in [0.1, 0.15) is 74.1 Å². The summed E-state index contributed by atoms with van der Waals surface area (Å²) in [6, 6.07) is 0. The number of carbonyl (C=O) groups excluding carboxylic acids is 1. The fraction of sp³-hybridized carbons (Fsp3) is 0.944. The van der Waals surface area contributed by atoms with E-state index in [0.29, 0.717) is 19.6 Å². The van der Waals surface area contributed by atoms with Gasteiger partial charge in [-0.05, 0) is 47.0 Å². The van der Waals surface area contributed by atoms with Crippen molar-refractivity contribution in [3.8, 4) is 0 Å². The summed E-state index contributed by atoms with van der Waals surface area (Å²) in [5, 5.41) is 8.88. The molecule has 0 amide bonds. The van der Waals surface area contributed by atoms with Gasteiger partial charge in [0.15, 0.2) is 0 Å². The summed E-state index contributed by atoms with van der Waals surface area (Å²) in [7, 11) is 0. The highest BCUT2D eigenvalue weighted by Gasteiger charge is 2.24. The number of rotatable bonds is 11. The van der Waals surface area contributed by atoms with Crippen molar-refractivity contribution in [3.63, 3.8) is 0 Å². The molecule has 0 aromatic rings. The molecule has 0 aliphatic heterocycles. The number of carbonyl (C=O) groups is 1. The molecule has 132 valence electrons. The van der Waals surface area contributed by atoms with Crippen LogP contribution in [0.15, 0.2) is 0 Å². The SMILES string of the molecule is CC(C)(CCCO)OCCC(C)(C)OCCC(=O)C(C)(C)C. The molecule has 0 spiro atoms. The second-order valence-electron chi connectivity index (χ2n) is 8.22. The van der Waals surface area contributed by atoms with Crippen molar-refractivity contribution in [1.29, 1.82) is 0 Å². The number of Topliss-reactive ketones (excluding diaryl/α,β-unsaturated/α-hetero) is 1. The highest BCUT2D eigenvalue weighted by atomic mass is 16.5. The van der Waals surface area contributed by atoms with Gasteiger partial charge in [0.1, 0.15) is 5.78 Å². The Hall–Kier alpha value is -0.450. The molecule has 0 bridgehead atoms. The van der Waals surface area contributed by atoms with Gasteiger partial charge in [0.25, 0.3) is 0 Å². The fourth-order valence-corrected chi connectivity index (χ4v) is 2.02. The van der Waals surface area contributed by atoms with Crippen LogP contribution < -0.4 is 0 Å². The summed E-state index contributed by atoms with van der Waals surface area (Å²) in [6.45, 7) is 15.2. The molecule has 0 aromatic carbocycles. The topological polar surface area (TPSA) is 55.8 Å². The number of ketones is 1. The lowest BCUT2D eigenvalue weighted by Crippen LogP contribution is -2.32. The number of aliphatic hydroxyl groups is 1. The van der Waals surface area contributed by atoms with Gasteiger partial charge in [-0.25, -0.2) is 0 Å². The summed E-state index contributed by atoms with van der Waals surface area (Å²) >= 11 is 0. The van der Waals surface area contributed by atoms with Crippen LogP contribution in [0.3, 0.4) is 0 Å². The van der Waals surface area contributed by atoms with Gasteiger partial charge in [0, 0.05) is 18.4 Å². The summed E-state index contributed by atoms with van der Waals surface area (Å²) in [5.74, 6) is 0.227. The molecule has 0 aliphatic carbocycles. The molecular weight excluding hydrogens is 280 g/mol. The zero-order valence-corrected chi connectivity index (χ0v) is 15.6. The molecule has 1 N–H and O–H groups in total. The number of aliphatic hydroxyl groups excluding tert-OH is 1. The molecule has 0 fully saturated rings. The van der Waals surface area contributed by atoms with Gasteiger partial charge >= 0.3 is 0 Å². The Bertz CT molecular complexity index is 326. The minimum absolute atomic E-state index is 0.198. The van der Waals surface area contributed by atoms with Gasteiger partial charge < -0.3 is 14.6 Å². The molecule has 0 aliphatic rings. The van der Waals surface area contributed by atoms with Crippen LogP contribution in [0, 0.1) is 5.41 Å². The molecule has 22 heavy (non-hydrogen) atoms. The van der Waals surface area contributed by atoms with Gasteiger partial charge in [-0.1, -0.05) is 20.8 Å². The van der Waals surface area contributed by atoms with Crippen molar-refractivity contribution in [3.05, 3.63) is 0 Å². The average Bonchev–Trinajstić information content (AvgIpc) is 2.34. The maximum atomic E-state index is 11.9. The molecule has 0 aromatic heterocycles. The molecular formula is C18H36O4. The second-order valence-corrected chi connectivity index (χ2v) is 8.22. The summed E-state index contributed by atoms with van der Waals surface area (Å²) in [6.07, 6.45) is 2.82. The first-order valence-electron chi connectivity index (χ1n) is 8.32. The molecule has 0 rings (SSSR count). The fourth-order valence-electron chi connectivity index (χ4n) is 2.02. The first-order chi connectivity index (χ1) is 9.90. The zero-order valence-electron chi connectivity index (χ0n) is 15.6. The van der Waals surface area contributed by atoms with Crippen molar-refractivity contribution in [1.82, 2.24) is 0 Å². The van der Waals surface area contributed by atoms with Crippen LogP contribution in [0.4, 0.5) is 0 Å². The highest BCUT2D eigenvalue weighted by molar-refractivity contribution is 5.83. The molecule has 0 radical (unpaired) electrons. The van der Waals surface area contributed by atoms with Crippen LogP contribution in [0.5, 0.6) is 0 Å². The minimum atomic E-state index is -0.300. The van der Waals surface area contributed by atoms with Gasteiger partial charge in [-0.15, -0.1) is 0 Å². The maximum Gasteiger partial charge on any atom is 0.140 e. The van der Waals surface area contributed by atoms with Crippen molar-refractivity contribution < 1.29 is 19.4 Å². The van der Waals surface area contributed by atoms with E-state index in [1.165, 1.54) is 0 Å². The second kappa shape index (κ2) is 8.99. The van der Waals surface area contributed by atoms with Gasteiger partial charge in [-0.3, -0.25) is 4.79 Å². The predicted molar refractivity (Wildman–Crippen MR) is 90.1 cm³/mol. The number of hydrogen-bond acceptors (Lipinski definition) is 4. The first-order valence-corrected chi connectivity index (χ1v) is 8.32. The Balaban J connectivity index is 4.02. The summed E-state index contributed by atoms with van der Waals surface area (Å²) in [4.78, 5) is 11.9. The van der Waals surface area contributed by atoms with Gasteiger partial charge in [-0.2, -0.15) is 0 Å². The first kappa shape index (κ1) is 21.6. The smallest absolute Gasteiger partial charge is 0.140 e. The lowest BCUT2D eigenvalue weighted by atomic mass is 9.89. The van der Waals surface area contributed by atoms with E-state index in [9.17, 15) is 4.79 Å². The van der Waals surface area contributed by atoms with Crippen molar-refractivity contribution >= 4 is 5.78 Å². The lowest BCUT2D eigenvalue weighted by Gasteiger charge is -2.30. The number of hydrogen-bond donors (Lipinski definition) is 1. The summed E-state index contributed by atoms with van der Waals surface area (Å²) < 4.78 is 11.7. The Morgan fingerprint density at radius 1 is 0.864 bits per heavy atom. The summed E-state index contributed by atoms with van der Waals surface area (Å²) in [5.41, 5.74) is -0.820. The average molecular weight is 316 g/mol. The van der Waals surface area contributed by atoms with E-state index in [2.05, 4.69) is 0 Å². The molecule has 4 heteroatoms. The Labute approximate surface area is 136 Å². The zero-order chi connectivity index (χ0) is 17.4.